The van der Waals surface area contributed by atoms with Crippen molar-refractivity contribution in [1.29, 1.82) is 0 Å². The van der Waals surface area contributed by atoms with Crippen molar-refractivity contribution in [3.05, 3.63) is 34.3 Å². The molecule has 0 aromatic heterocycles. The number of benzene rings is 1. The van der Waals surface area contributed by atoms with Gasteiger partial charge in [0.15, 0.2) is 0 Å². The predicted octanol–water partition coefficient (Wildman–Crippen LogP) is 3.89. The van der Waals surface area contributed by atoms with E-state index in [4.69, 9.17) is 0 Å². The highest BCUT2D eigenvalue weighted by molar-refractivity contribution is 9.10. The van der Waals surface area contributed by atoms with Crippen molar-refractivity contribution in [2.45, 2.75) is 52.1 Å². The van der Waals surface area contributed by atoms with E-state index in [1.54, 1.807) is 0 Å². The molecule has 1 fully saturated rings. The van der Waals surface area contributed by atoms with Crippen molar-refractivity contribution >= 4 is 21.9 Å². The molecule has 24 heavy (non-hydrogen) atoms. The van der Waals surface area contributed by atoms with Crippen molar-refractivity contribution in [1.82, 2.24) is 10.2 Å². The SMILES string of the molecule is CCC(CC)(CNC1CCN(Cc2ccccc2Br)CC1)C(=O)O. The average molecular weight is 397 g/mol. The number of carboxylic acid groups (broad SMARTS) is 1. The second kappa shape index (κ2) is 8.97. The Morgan fingerprint density at radius 3 is 2.46 bits per heavy atom. The van der Waals surface area contributed by atoms with E-state index in [-0.39, 0.29) is 0 Å². The highest BCUT2D eigenvalue weighted by Crippen LogP contribution is 2.27. The molecule has 0 saturated carbocycles. The number of hydrogen-bond donors (Lipinski definition) is 2. The van der Waals surface area contributed by atoms with Crippen LogP contribution in [0.1, 0.15) is 45.1 Å². The Labute approximate surface area is 153 Å². The van der Waals surface area contributed by atoms with Gasteiger partial charge in [0.1, 0.15) is 0 Å². The Morgan fingerprint density at radius 2 is 1.92 bits per heavy atom. The average Bonchev–Trinajstić information content (AvgIpc) is 2.59. The Balaban J connectivity index is 1.80. The lowest BCUT2D eigenvalue weighted by Gasteiger charge is -2.35. The molecule has 0 unspecified atom stereocenters. The third-order valence-corrected chi connectivity index (χ3v) is 6.25. The zero-order valence-corrected chi connectivity index (χ0v) is 16.3. The fourth-order valence-electron chi connectivity index (χ4n) is 3.38. The molecule has 2 rings (SSSR count). The van der Waals surface area contributed by atoms with Crippen molar-refractivity contribution in [3.8, 4) is 0 Å². The van der Waals surface area contributed by atoms with Gasteiger partial charge in [0.2, 0.25) is 0 Å². The maximum absolute atomic E-state index is 11.6. The Bertz CT molecular complexity index is 538. The van der Waals surface area contributed by atoms with Crippen LogP contribution in [0.4, 0.5) is 0 Å². The first-order valence-corrected chi connectivity index (χ1v) is 9.72. The van der Waals surface area contributed by atoms with Gasteiger partial charge in [-0.3, -0.25) is 9.69 Å². The lowest BCUT2D eigenvalue weighted by Crippen LogP contribution is -2.48. The van der Waals surface area contributed by atoms with Gasteiger partial charge in [-0.1, -0.05) is 48.0 Å². The highest BCUT2D eigenvalue weighted by atomic mass is 79.9. The first kappa shape index (κ1) is 19.4. The summed E-state index contributed by atoms with van der Waals surface area (Å²) in [5, 5.41) is 13.1. The standard InChI is InChI=1S/C19H29BrN2O2/c1-3-19(4-2,18(23)24)14-21-16-9-11-22(12-10-16)13-15-7-5-6-8-17(15)20/h5-8,16,21H,3-4,9-14H2,1-2H3,(H,23,24). The lowest BCUT2D eigenvalue weighted by atomic mass is 9.82. The molecule has 0 amide bonds. The van der Waals surface area contributed by atoms with Gasteiger partial charge in [0.05, 0.1) is 5.41 Å². The van der Waals surface area contributed by atoms with Gasteiger partial charge in [-0.15, -0.1) is 0 Å². The summed E-state index contributed by atoms with van der Waals surface area (Å²) in [5.74, 6) is -0.675. The largest absolute Gasteiger partial charge is 0.481 e. The Morgan fingerprint density at radius 1 is 1.29 bits per heavy atom. The van der Waals surface area contributed by atoms with E-state index < -0.39 is 11.4 Å². The fraction of sp³-hybridized carbons (Fsp3) is 0.632. The first-order chi connectivity index (χ1) is 11.5. The molecule has 0 radical (unpaired) electrons. The van der Waals surface area contributed by atoms with Gasteiger partial charge in [0.25, 0.3) is 0 Å². The summed E-state index contributed by atoms with van der Waals surface area (Å²) in [6.45, 7) is 7.59. The number of nitrogens with one attached hydrogen (secondary N) is 1. The lowest BCUT2D eigenvalue weighted by molar-refractivity contribution is -0.149. The summed E-state index contributed by atoms with van der Waals surface area (Å²) in [7, 11) is 0. The summed E-state index contributed by atoms with van der Waals surface area (Å²) in [4.78, 5) is 14.1. The molecule has 0 spiro atoms. The van der Waals surface area contributed by atoms with Crippen molar-refractivity contribution < 1.29 is 9.90 Å². The van der Waals surface area contributed by atoms with Crippen LogP contribution in [0.3, 0.4) is 0 Å². The minimum atomic E-state index is -0.675. The number of halogens is 1. The number of aliphatic carboxylic acids is 1. The van der Waals surface area contributed by atoms with E-state index >= 15 is 0 Å². The molecule has 1 aromatic carbocycles. The molecule has 0 bridgehead atoms. The fourth-order valence-corrected chi connectivity index (χ4v) is 3.79. The molecule has 2 N–H and O–H groups in total. The topological polar surface area (TPSA) is 52.6 Å². The second-order valence-corrected chi connectivity index (χ2v) is 7.67. The molecule has 1 saturated heterocycles. The first-order valence-electron chi connectivity index (χ1n) is 8.93. The molecular formula is C19H29BrN2O2. The van der Waals surface area contributed by atoms with E-state index in [0.29, 0.717) is 25.4 Å². The minimum absolute atomic E-state index is 0.428. The van der Waals surface area contributed by atoms with Crippen LogP contribution in [0.25, 0.3) is 0 Å². The molecule has 0 atom stereocenters. The summed E-state index contributed by atoms with van der Waals surface area (Å²) in [6.07, 6.45) is 3.50. The zero-order valence-electron chi connectivity index (χ0n) is 14.7. The van der Waals surface area contributed by atoms with E-state index in [9.17, 15) is 9.90 Å². The number of nitrogens with zero attached hydrogens (tertiary/aromatic N) is 1. The quantitative estimate of drug-likeness (QED) is 0.699. The molecule has 1 aliphatic rings. The number of likely N-dealkylation sites (tertiary alicyclic amines) is 1. The zero-order chi connectivity index (χ0) is 17.6. The van der Waals surface area contributed by atoms with E-state index in [1.165, 1.54) is 10.0 Å². The Kier molecular flexibility index (Phi) is 7.26. The van der Waals surface area contributed by atoms with Crippen molar-refractivity contribution in [3.63, 3.8) is 0 Å². The van der Waals surface area contributed by atoms with Gasteiger partial charge in [-0.2, -0.15) is 0 Å². The van der Waals surface area contributed by atoms with Gasteiger partial charge in [-0.25, -0.2) is 0 Å². The maximum Gasteiger partial charge on any atom is 0.310 e. The van der Waals surface area contributed by atoms with Crippen LogP contribution in [-0.4, -0.2) is 41.7 Å². The van der Waals surface area contributed by atoms with Crippen LogP contribution in [0.15, 0.2) is 28.7 Å². The van der Waals surface area contributed by atoms with Gasteiger partial charge >= 0.3 is 5.97 Å². The molecule has 5 heteroatoms. The number of hydrogen-bond acceptors (Lipinski definition) is 3. The normalized spacial score (nSPS) is 17.1. The maximum atomic E-state index is 11.6. The van der Waals surface area contributed by atoms with Gasteiger partial charge in [0, 0.05) is 23.6 Å². The van der Waals surface area contributed by atoms with Crippen LogP contribution in [0.2, 0.25) is 0 Å². The minimum Gasteiger partial charge on any atom is -0.481 e. The van der Waals surface area contributed by atoms with E-state index in [2.05, 4.69) is 44.3 Å². The molecule has 1 aromatic rings. The van der Waals surface area contributed by atoms with Gasteiger partial charge in [-0.05, 0) is 50.4 Å². The molecule has 4 nitrogen and oxygen atoms in total. The molecular weight excluding hydrogens is 368 g/mol. The number of carboxylic acids is 1. The van der Waals surface area contributed by atoms with E-state index in [1.807, 2.05) is 19.9 Å². The molecule has 134 valence electrons. The summed E-state index contributed by atoms with van der Waals surface area (Å²) in [5.41, 5.74) is 0.706. The Hall–Kier alpha value is -0.910. The van der Waals surface area contributed by atoms with Crippen LogP contribution < -0.4 is 5.32 Å². The van der Waals surface area contributed by atoms with Crippen LogP contribution in [-0.2, 0) is 11.3 Å². The molecule has 1 heterocycles. The van der Waals surface area contributed by atoms with Crippen LogP contribution in [0, 0.1) is 5.41 Å². The third-order valence-electron chi connectivity index (χ3n) is 5.48. The molecule has 0 aliphatic carbocycles. The molecule has 1 aliphatic heterocycles. The second-order valence-electron chi connectivity index (χ2n) is 6.82. The number of rotatable bonds is 8. The summed E-state index contributed by atoms with van der Waals surface area (Å²) >= 11 is 3.62. The summed E-state index contributed by atoms with van der Waals surface area (Å²) < 4.78 is 1.17. The van der Waals surface area contributed by atoms with E-state index in [0.717, 1.165) is 32.5 Å². The smallest absolute Gasteiger partial charge is 0.310 e. The highest BCUT2D eigenvalue weighted by Gasteiger charge is 2.35. The van der Waals surface area contributed by atoms with Gasteiger partial charge < -0.3 is 10.4 Å². The van der Waals surface area contributed by atoms with Crippen molar-refractivity contribution in [2.75, 3.05) is 19.6 Å². The predicted molar refractivity (Wildman–Crippen MR) is 101 cm³/mol. The number of carbonyl (C=O) groups is 1. The number of piperidine rings is 1. The van der Waals surface area contributed by atoms with Crippen LogP contribution in [0.5, 0.6) is 0 Å². The summed E-state index contributed by atoms with van der Waals surface area (Å²) in [6, 6.07) is 8.80. The van der Waals surface area contributed by atoms with Crippen molar-refractivity contribution in [2.24, 2.45) is 5.41 Å². The third kappa shape index (κ3) is 4.80. The van der Waals surface area contributed by atoms with Crippen LogP contribution >= 0.6 is 15.9 Å². The monoisotopic (exact) mass is 396 g/mol.